The second-order valence-electron chi connectivity index (χ2n) is 8.75. The Morgan fingerprint density at radius 1 is 1.06 bits per heavy atom. The lowest BCUT2D eigenvalue weighted by atomic mass is 10.3. The third-order valence-electron chi connectivity index (χ3n) is 6.39. The molecule has 5 aromatic rings. The van der Waals surface area contributed by atoms with Crippen LogP contribution in [0.5, 0.6) is 0 Å². The molecule has 10 heteroatoms. The maximum Gasteiger partial charge on any atom is 0.279 e. The number of amides is 1. The summed E-state index contributed by atoms with van der Waals surface area (Å²) in [4.78, 5) is 27.2. The molecule has 168 valence electrons. The number of pyridine rings is 2. The first-order valence-electron chi connectivity index (χ1n) is 11.5. The molecule has 0 radical (unpaired) electrons. The van der Waals surface area contributed by atoms with E-state index in [0.717, 1.165) is 49.6 Å². The van der Waals surface area contributed by atoms with Crippen LogP contribution >= 0.6 is 0 Å². The number of rotatable bonds is 5. The number of aryl methyl sites for hydroxylation is 1. The van der Waals surface area contributed by atoms with Gasteiger partial charge in [-0.3, -0.25) is 13.8 Å². The summed E-state index contributed by atoms with van der Waals surface area (Å²) in [5, 5.41) is 11.5. The number of imidazole rings is 2. The molecule has 0 saturated heterocycles. The van der Waals surface area contributed by atoms with Crippen LogP contribution in [0.3, 0.4) is 0 Å². The zero-order chi connectivity index (χ0) is 22.6. The Morgan fingerprint density at radius 3 is 2.91 bits per heavy atom. The number of anilines is 1. The topological polar surface area (TPSA) is 108 Å². The Balaban J connectivity index is 1.25. The second-order valence-corrected chi connectivity index (χ2v) is 8.75. The van der Waals surface area contributed by atoms with Crippen LogP contribution in [0.1, 0.15) is 47.2 Å². The molecule has 1 fully saturated rings. The second kappa shape index (κ2) is 7.34. The van der Waals surface area contributed by atoms with Gasteiger partial charge in [-0.2, -0.15) is 0 Å². The van der Waals surface area contributed by atoms with Crippen LogP contribution in [0.15, 0.2) is 55.1 Å². The first kappa shape index (κ1) is 19.2. The Labute approximate surface area is 194 Å². The predicted molar refractivity (Wildman–Crippen MR) is 124 cm³/mol. The molecular formula is C24H21N9O. The maximum atomic E-state index is 13.4. The highest BCUT2D eigenvalue weighted by molar-refractivity contribution is 6.05. The Bertz CT molecular complexity index is 1560. The average Bonchev–Trinajstić information content (AvgIpc) is 3.23. The van der Waals surface area contributed by atoms with E-state index in [0.29, 0.717) is 34.6 Å². The Hall–Kier alpha value is -4.34. The average molecular weight is 451 g/mol. The third-order valence-corrected chi connectivity index (χ3v) is 6.39. The van der Waals surface area contributed by atoms with Crippen molar-refractivity contribution < 1.29 is 4.79 Å². The molecule has 7 rings (SSSR count). The summed E-state index contributed by atoms with van der Waals surface area (Å²) in [7, 11) is 0. The number of nitrogens with one attached hydrogen (secondary N) is 1. The molecule has 0 spiro atoms. The summed E-state index contributed by atoms with van der Waals surface area (Å²) in [6.07, 6.45) is 9.96. The van der Waals surface area contributed by atoms with Crippen molar-refractivity contribution >= 4 is 17.4 Å². The Morgan fingerprint density at radius 2 is 2.00 bits per heavy atom. The van der Waals surface area contributed by atoms with E-state index in [-0.39, 0.29) is 5.91 Å². The first-order chi connectivity index (χ1) is 16.7. The lowest BCUT2D eigenvalue weighted by Gasteiger charge is -2.08. The fraction of sp³-hybridized carbons (Fsp3) is 0.250. The van der Waals surface area contributed by atoms with Crippen LogP contribution in [0.2, 0.25) is 0 Å². The molecule has 0 aromatic carbocycles. The van der Waals surface area contributed by atoms with Gasteiger partial charge in [0.25, 0.3) is 5.91 Å². The molecule has 1 aliphatic carbocycles. The van der Waals surface area contributed by atoms with E-state index in [1.54, 1.807) is 12.4 Å². The molecule has 2 aliphatic rings. The fourth-order valence-corrected chi connectivity index (χ4v) is 4.57. The molecule has 10 nitrogen and oxygen atoms in total. The molecule has 1 N–H and O–H groups in total. The van der Waals surface area contributed by atoms with Gasteiger partial charge in [0.15, 0.2) is 17.3 Å². The van der Waals surface area contributed by atoms with Gasteiger partial charge in [0.2, 0.25) is 0 Å². The van der Waals surface area contributed by atoms with Gasteiger partial charge in [-0.05, 0) is 43.5 Å². The highest BCUT2D eigenvalue weighted by atomic mass is 16.2. The van der Waals surface area contributed by atoms with Crippen molar-refractivity contribution in [3.8, 4) is 17.3 Å². The summed E-state index contributed by atoms with van der Waals surface area (Å²) in [6, 6.07) is 11.2. The van der Waals surface area contributed by atoms with E-state index in [1.807, 2.05) is 51.7 Å². The van der Waals surface area contributed by atoms with Gasteiger partial charge in [0.05, 0.1) is 5.69 Å². The number of aromatic nitrogens is 8. The predicted octanol–water partition coefficient (Wildman–Crippen LogP) is 3.25. The summed E-state index contributed by atoms with van der Waals surface area (Å²) >= 11 is 0. The van der Waals surface area contributed by atoms with Crippen molar-refractivity contribution in [2.24, 2.45) is 0 Å². The van der Waals surface area contributed by atoms with E-state index in [4.69, 9.17) is 0 Å². The first-order valence-corrected chi connectivity index (χ1v) is 11.5. The number of nitrogens with zero attached hydrogens (tertiary/aromatic N) is 8. The van der Waals surface area contributed by atoms with E-state index < -0.39 is 0 Å². The van der Waals surface area contributed by atoms with Crippen LogP contribution in [0, 0.1) is 0 Å². The van der Waals surface area contributed by atoms with Crippen molar-refractivity contribution in [3.63, 3.8) is 0 Å². The van der Waals surface area contributed by atoms with Crippen LogP contribution in [-0.4, -0.2) is 44.6 Å². The van der Waals surface area contributed by atoms with Gasteiger partial charge in [-0.25, -0.2) is 15.0 Å². The van der Waals surface area contributed by atoms with Gasteiger partial charge in [0.1, 0.15) is 29.3 Å². The highest BCUT2D eigenvalue weighted by Crippen LogP contribution is 2.39. The normalized spacial score (nSPS) is 15.1. The summed E-state index contributed by atoms with van der Waals surface area (Å²) in [5.74, 6) is 2.97. The summed E-state index contributed by atoms with van der Waals surface area (Å²) in [5.41, 5.74) is 2.72. The zero-order valence-electron chi connectivity index (χ0n) is 18.3. The van der Waals surface area contributed by atoms with Crippen molar-refractivity contribution in [2.45, 2.75) is 38.1 Å². The number of carbonyl (C=O) groups is 1. The fourth-order valence-electron chi connectivity index (χ4n) is 4.57. The van der Waals surface area contributed by atoms with Gasteiger partial charge >= 0.3 is 0 Å². The van der Waals surface area contributed by atoms with Crippen molar-refractivity contribution in [3.05, 3.63) is 72.3 Å². The van der Waals surface area contributed by atoms with Gasteiger partial charge in [0, 0.05) is 31.3 Å². The summed E-state index contributed by atoms with van der Waals surface area (Å²) < 4.78 is 5.87. The molecule has 0 bridgehead atoms. The van der Waals surface area contributed by atoms with E-state index in [1.165, 1.54) is 0 Å². The van der Waals surface area contributed by atoms with Crippen LogP contribution in [-0.2, 0) is 13.0 Å². The van der Waals surface area contributed by atoms with Gasteiger partial charge in [-0.1, -0.05) is 12.1 Å². The summed E-state index contributed by atoms with van der Waals surface area (Å²) in [6.45, 7) is 0.883. The number of carbonyl (C=O) groups excluding carboxylic acids is 1. The lowest BCUT2D eigenvalue weighted by molar-refractivity contribution is 0.102. The third kappa shape index (κ3) is 3.10. The van der Waals surface area contributed by atoms with Gasteiger partial charge in [-0.15, -0.1) is 10.2 Å². The SMILES string of the molecule is O=C(Nc1cccc(-c2nnc3n2CCC3)n1)c1nc2ccccn2c1-n1cnc(C2CC2)c1. The van der Waals surface area contributed by atoms with Crippen LogP contribution < -0.4 is 5.32 Å². The largest absolute Gasteiger partial charge is 0.310 e. The zero-order valence-corrected chi connectivity index (χ0v) is 18.3. The maximum absolute atomic E-state index is 13.4. The molecule has 1 saturated carbocycles. The highest BCUT2D eigenvalue weighted by Gasteiger charge is 2.28. The standard InChI is InChI=1S/C24H21N9O/c34-23(27-18-6-3-5-16(26-18)22-30-29-20-8-4-12-32(20)22)21-24(33-11-2-1-7-19(33)28-21)31-13-17(25-14-31)15-9-10-15/h1-3,5-7,11,13-15H,4,8-10,12H2,(H,26,27,34). The van der Waals surface area contributed by atoms with Crippen LogP contribution in [0.4, 0.5) is 5.82 Å². The monoisotopic (exact) mass is 451 g/mol. The smallest absolute Gasteiger partial charge is 0.279 e. The molecule has 1 amide bonds. The molecule has 6 heterocycles. The van der Waals surface area contributed by atoms with Crippen LogP contribution in [0.25, 0.3) is 23.0 Å². The van der Waals surface area contributed by atoms with Gasteiger partial charge < -0.3 is 9.88 Å². The minimum atomic E-state index is -0.337. The van der Waals surface area contributed by atoms with E-state index >= 15 is 0 Å². The molecule has 0 atom stereocenters. The molecular weight excluding hydrogens is 430 g/mol. The lowest BCUT2D eigenvalue weighted by Crippen LogP contribution is -2.16. The number of hydrogen-bond acceptors (Lipinski definition) is 6. The minimum Gasteiger partial charge on any atom is -0.310 e. The van der Waals surface area contributed by atoms with Crippen molar-refractivity contribution in [1.29, 1.82) is 0 Å². The molecule has 34 heavy (non-hydrogen) atoms. The minimum absolute atomic E-state index is 0.307. The molecule has 1 aliphatic heterocycles. The molecule has 0 unspecified atom stereocenters. The number of hydrogen-bond donors (Lipinski definition) is 1. The number of fused-ring (bicyclic) bond motifs is 2. The quantitative estimate of drug-likeness (QED) is 0.440. The Kier molecular flexibility index (Phi) is 4.14. The molecule has 5 aromatic heterocycles. The van der Waals surface area contributed by atoms with E-state index in [9.17, 15) is 4.79 Å². The van der Waals surface area contributed by atoms with E-state index in [2.05, 4.69) is 35.0 Å². The van der Waals surface area contributed by atoms with Crippen molar-refractivity contribution in [1.82, 2.24) is 38.7 Å². The van der Waals surface area contributed by atoms with Crippen molar-refractivity contribution in [2.75, 3.05) is 5.32 Å².